The molecule has 2 N–H and O–H groups in total. The quantitative estimate of drug-likeness (QED) is 0.474. The van der Waals surface area contributed by atoms with Gasteiger partial charge in [0.25, 0.3) is 0 Å². The molecule has 1 heterocycles. The Labute approximate surface area is 228 Å². The molecule has 3 atom stereocenters. The molecule has 0 amide bonds. The number of hydrazine groups is 1. The second-order valence-electron chi connectivity index (χ2n) is 10.2. The van der Waals surface area contributed by atoms with Gasteiger partial charge in [0.05, 0.1) is 35.1 Å². The van der Waals surface area contributed by atoms with Crippen molar-refractivity contribution < 1.29 is 27.4 Å². The number of methoxy groups -OCH3 is 1. The molecule has 0 bridgehead atoms. The smallest absolute Gasteiger partial charge is 0.339 e. The van der Waals surface area contributed by atoms with Crippen molar-refractivity contribution in [3.8, 4) is 0 Å². The number of hydrogen-bond acceptors (Lipinski definition) is 7. The Hall–Kier alpha value is -3.47. The van der Waals surface area contributed by atoms with Gasteiger partial charge in [-0.3, -0.25) is 5.01 Å². The number of benzene rings is 2. The molecular formula is C29H32FN3O5S. The minimum Gasteiger partial charge on any atom is -0.465 e. The summed E-state index contributed by atoms with van der Waals surface area (Å²) >= 11 is 0. The van der Waals surface area contributed by atoms with Crippen LogP contribution in [0, 0.1) is 17.7 Å². The van der Waals surface area contributed by atoms with Gasteiger partial charge in [0, 0.05) is 30.8 Å². The van der Waals surface area contributed by atoms with Gasteiger partial charge in [0.15, 0.2) is 0 Å². The Balaban J connectivity index is 1.46. The minimum atomic E-state index is -4.12. The number of rotatable bonds is 8. The van der Waals surface area contributed by atoms with Crippen LogP contribution in [0.5, 0.6) is 0 Å². The normalized spacial score (nSPS) is 21.2. The maximum absolute atomic E-state index is 13.9. The first-order valence-electron chi connectivity index (χ1n) is 12.9. The molecule has 0 fully saturated rings. The van der Waals surface area contributed by atoms with E-state index < -0.39 is 22.1 Å². The molecule has 5 rings (SSSR count). The van der Waals surface area contributed by atoms with Crippen LogP contribution in [0.2, 0.25) is 0 Å². The number of ether oxygens (including phenoxy) is 1. The van der Waals surface area contributed by atoms with Crippen molar-refractivity contribution in [2.75, 3.05) is 25.2 Å². The lowest BCUT2D eigenvalue weighted by atomic mass is 9.80. The third-order valence-corrected chi connectivity index (χ3v) is 9.48. The van der Waals surface area contributed by atoms with Crippen LogP contribution >= 0.6 is 0 Å². The lowest BCUT2D eigenvalue weighted by Gasteiger charge is -2.32. The third-order valence-electron chi connectivity index (χ3n) is 7.59. The average Bonchev–Trinajstić information content (AvgIpc) is 3.53. The van der Waals surface area contributed by atoms with Gasteiger partial charge in [-0.25, -0.2) is 17.6 Å². The van der Waals surface area contributed by atoms with Gasteiger partial charge in [0.1, 0.15) is 5.82 Å². The third kappa shape index (κ3) is 4.99. The van der Waals surface area contributed by atoms with Crippen LogP contribution in [0.25, 0.3) is 0 Å². The number of allylic oxidation sites excluding steroid dienone is 3. The zero-order valence-electron chi connectivity index (χ0n) is 22.1. The molecule has 2 aliphatic carbocycles. The van der Waals surface area contributed by atoms with Crippen LogP contribution in [-0.2, 0) is 14.8 Å². The highest BCUT2D eigenvalue weighted by Gasteiger charge is 2.40. The van der Waals surface area contributed by atoms with Gasteiger partial charge in [-0.2, -0.15) is 4.31 Å². The summed E-state index contributed by atoms with van der Waals surface area (Å²) in [6.45, 7) is 3.74. The Morgan fingerprint density at radius 1 is 1.23 bits per heavy atom. The van der Waals surface area contributed by atoms with Gasteiger partial charge in [-0.05, 0) is 73.7 Å². The molecule has 0 unspecified atom stereocenters. The lowest BCUT2D eigenvalue weighted by Crippen LogP contribution is -2.41. The van der Waals surface area contributed by atoms with Gasteiger partial charge < -0.3 is 15.3 Å². The number of esters is 1. The number of hydrogen-bond donors (Lipinski definition) is 2. The van der Waals surface area contributed by atoms with Crippen LogP contribution < -0.4 is 10.4 Å². The summed E-state index contributed by atoms with van der Waals surface area (Å²) in [6.07, 6.45) is 4.72. The van der Waals surface area contributed by atoms with Crippen LogP contribution in [-0.4, -0.2) is 50.1 Å². The van der Waals surface area contributed by atoms with Crippen LogP contribution in [0.15, 0.2) is 88.1 Å². The second kappa shape index (κ2) is 10.6. The Kier molecular flexibility index (Phi) is 7.37. The van der Waals surface area contributed by atoms with Gasteiger partial charge in [-0.1, -0.05) is 24.6 Å². The first-order chi connectivity index (χ1) is 18.6. The fraction of sp³-hybridized carbons (Fsp3) is 0.345. The van der Waals surface area contributed by atoms with Crippen molar-refractivity contribution in [1.29, 1.82) is 0 Å². The summed E-state index contributed by atoms with van der Waals surface area (Å²) < 4.78 is 47.3. The SMILES string of the molecule is COC(=O)c1ccccc1S(=O)(=O)N(C[C@H]1CCC2=C1[C@@H](C)C1=CNN(c3ccc(F)cc3)C1=C2)C[C@H](C)O. The van der Waals surface area contributed by atoms with Gasteiger partial charge in [0.2, 0.25) is 10.0 Å². The highest BCUT2D eigenvalue weighted by Crippen LogP contribution is 2.48. The molecule has 3 aliphatic rings. The topological polar surface area (TPSA) is 99.2 Å². The van der Waals surface area contributed by atoms with E-state index >= 15 is 0 Å². The van der Waals surface area contributed by atoms with E-state index in [1.165, 1.54) is 46.8 Å². The molecule has 0 spiro atoms. The summed E-state index contributed by atoms with van der Waals surface area (Å²) in [5.41, 5.74) is 8.47. The molecule has 0 saturated heterocycles. The standard InChI is InChI=1S/C29H32FN3O5S/c1-18(34)16-32(39(36,37)27-7-5-4-6-24(27)29(35)38-3)17-21-9-8-20-14-26-25(19(2)28(20)21)15-31-33(26)23-12-10-22(30)11-13-23/h4-7,10-15,18-19,21,31,34H,8-9,16-17H2,1-3H3/t18-,19-,21+/m0/s1. The number of nitrogens with one attached hydrogen (secondary N) is 1. The van der Waals surface area contributed by atoms with E-state index in [2.05, 4.69) is 18.4 Å². The van der Waals surface area contributed by atoms with E-state index in [0.29, 0.717) is 0 Å². The van der Waals surface area contributed by atoms with E-state index in [0.717, 1.165) is 29.8 Å². The monoisotopic (exact) mass is 553 g/mol. The maximum atomic E-state index is 13.9. The molecule has 1 aliphatic heterocycles. The molecule has 2 aromatic rings. The van der Waals surface area contributed by atoms with Crippen LogP contribution in [0.3, 0.4) is 0 Å². The maximum Gasteiger partial charge on any atom is 0.339 e. The number of aliphatic hydroxyl groups excluding tert-OH is 1. The fourth-order valence-corrected chi connectivity index (χ4v) is 7.57. The van der Waals surface area contributed by atoms with E-state index in [9.17, 15) is 22.7 Å². The summed E-state index contributed by atoms with van der Waals surface area (Å²) in [6, 6.07) is 12.3. The molecule has 8 nitrogen and oxygen atoms in total. The van der Waals surface area contributed by atoms with E-state index in [-0.39, 0.29) is 41.2 Å². The van der Waals surface area contributed by atoms with E-state index in [1.54, 1.807) is 31.2 Å². The Morgan fingerprint density at radius 2 is 1.95 bits per heavy atom. The molecule has 39 heavy (non-hydrogen) atoms. The number of aliphatic hydroxyl groups is 1. The Bertz CT molecular complexity index is 1480. The van der Waals surface area contributed by atoms with Crippen molar-refractivity contribution in [2.45, 2.75) is 37.7 Å². The highest BCUT2D eigenvalue weighted by molar-refractivity contribution is 7.89. The molecule has 0 radical (unpaired) electrons. The fourth-order valence-electron chi connectivity index (χ4n) is 5.83. The summed E-state index contributed by atoms with van der Waals surface area (Å²) in [5.74, 6) is -1.06. The number of anilines is 1. The predicted molar refractivity (Wildman–Crippen MR) is 145 cm³/mol. The average molecular weight is 554 g/mol. The number of fused-ring (bicyclic) bond motifs is 1. The molecule has 2 aromatic carbocycles. The summed E-state index contributed by atoms with van der Waals surface area (Å²) in [5, 5.41) is 12.2. The molecule has 10 heteroatoms. The number of halogens is 1. The van der Waals surface area contributed by atoms with Crippen molar-refractivity contribution in [1.82, 2.24) is 9.73 Å². The molecular weight excluding hydrogens is 521 g/mol. The van der Waals surface area contributed by atoms with E-state index in [4.69, 9.17) is 4.74 Å². The Morgan fingerprint density at radius 3 is 2.64 bits per heavy atom. The summed E-state index contributed by atoms with van der Waals surface area (Å²) in [4.78, 5) is 12.2. The van der Waals surface area contributed by atoms with E-state index in [1.807, 2.05) is 11.2 Å². The first-order valence-corrected chi connectivity index (χ1v) is 14.4. The number of sulfonamides is 1. The number of nitrogens with zero attached hydrogens (tertiary/aromatic N) is 2. The molecule has 206 valence electrons. The van der Waals surface area contributed by atoms with Gasteiger partial charge >= 0.3 is 5.97 Å². The van der Waals surface area contributed by atoms with Crippen molar-refractivity contribution in [3.05, 3.63) is 94.6 Å². The number of carbonyl (C=O) groups excluding carboxylic acids is 1. The minimum absolute atomic E-state index is 0.0314. The largest absolute Gasteiger partial charge is 0.465 e. The van der Waals surface area contributed by atoms with Crippen molar-refractivity contribution in [2.24, 2.45) is 11.8 Å². The summed E-state index contributed by atoms with van der Waals surface area (Å²) in [7, 11) is -2.91. The zero-order chi connectivity index (χ0) is 27.9. The van der Waals surface area contributed by atoms with Crippen LogP contribution in [0.4, 0.5) is 10.1 Å². The predicted octanol–water partition coefficient (Wildman–Crippen LogP) is 4.13. The highest BCUT2D eigenvalue weighted by atomic mass is 32.2. The molecule has 0 saturated carbocycles. The lowest BCUT2D eigenvalue weighted by molar-refractivity contribution is 0.0596. The second-order valence-corrected chi connectivity index (χ2v) is 12.1. The molecule has 0 aromatic heterocycles. The van der Waals surface area contributed by atoms with Crippen LogP contribution in [0.1, 0.15) is 37.0 Å². The van der Waals surface area contributed by atoms with Gasteiger partial charge in [-0.15, -0.1) is 0 Å². The number of carbonyl (C=O) groups is 1. The first kappa shape index (κ1) is 27.1. The van der Waals surface area contributed by atoms with Crippen molar-refractivity contribution in [3.63, 3.8) is 0 Å². The van der Waals surface area contributed by atoms with Crippen molar-refractivity contribution >= 4 is 21.7 Å². The zero-order valence-corrected chi connectivity index (χ0v) is 22.9.